The number of esters is 1. The quantitative estimate of drug-likeness (QED) is 0.512. The van der Waals surface area contributed by atoms with Gasteiger partial charge in [-0.1, -0.05) is 23.7 Å². The minimum absolute atomic E-state index is 0.0668. The van der Waals surface area contributed by atoms with Crippen molar-refractivity contribution in [3.63, 3.8) is 0 Å². The van der Waals surface area contributed by atoms with E-state index >= 15 is 0 Å². The largest absolute Gasteiger partial charge is 0.481 e. The van der Waals surface area contributed by atoms with Crippen LogP contribution in [0.2, 0.25) is 5.02 Å². The van der Waals surface area contributed by atoms with E-state index in [-0.39, 0.29) is 19.1 Å². The molecule has 1 aromatic carbocycles. The molecule has 186 valence electrons. The lowest BCUT2D eigenvalue weighted by atomic mass is 9.94. The Kier molecular flexibility index (Phi) is 8.17. The van der Waals surface area contributed by atoms with Gasteiger partial charge >= 0.3 is 11.9 Å². The zero-order valence-corrected chi connectivity index (χ0v) is 21.1. The highest BCUT2D eigenvalue weighted by Crippen LogP contribution is 2.37. The number of carboxylic acids is 1. The van der Waals surface area contributed by atoms with Gasteiger partial charge < -0.3 is 19.9 Å². The molecule has 1 aromatic heterocycles. The minimum Gasteiger partial charge on any atom is -0.481 e. The van der Waals surface area contributed by atoms with Gasteiger partial charge in [0.15, 0.2) is 10.8 Å². The number of morpholine rings is 1. The summed E-state index contributed by atoms with van der Waals surface area (Å²) < 4.78 is 11.0. The van der Waals surface area contributed by atoms with Crippen LogP contribution in [0.5, 0.6) is 0 Å². The van der Waals surface area contributed by atoms with Gasteiger partial charge in [0.1, 0.15) is 6.04 Å². The number of rotatable bonds is 8. The number of carboxylic acid groups (broad SMARTS) is 1. The van der Waals surface area contributed by atoms with Gasteiger partial charge in [-0.2, -0.15) is 0 Å². The molecule has 1 fully saturated rings. The van der Waals surface area contributed by atoms with Crippen LogP contribution in [0.15, 0.2) is 46.0 Å². The second kappa shape index (κ2) is 11.3. The fourth-order valence-electron chi connectivity index (χ4n) is 4.19. The Labute approximate surface area is 212 Å². The molecule has 35 heavy (non-hydrogen) atoms. The number of nitrogens with zero attached hydrogens (tertiary/aromatic N) is 3. The number of ether oxygens (including phenoxy) is 2. The molecule has 0 radical (unpaired) electrons. The van der Waals surface area contributed by atoms with Crippen molar-refractivity contribution in [3.8, 4) is 0 Å². The Bertz CT molecular complexity index is 1150. The van der Waals surface area contributed by atoms with Crippen molar-refractivity contribution in [1.82, 2.24) is 15.2 Å². The normalized spacial score (nSPS) is 20.8. The second-order valence-electron chi connectivity index (χ2n) is 8.28. The molecule has 3 heterocycles. The van der Waals surface area contributed by atoms with Crippen LogP contribution in [0.4, 0.5) is 0 Å². The third-order valence-electron chi connectivity index (χ3n) is 5.83. The molecule has 0 spiro atoms. The number of hydrogen-bond donors (Lipinski definition) is 2. The van der Waals surface area contributed by atoms with Crippen LogP contribution in [0.3, 0.4) is 0 Å². The second-order valence-corrected chi connectivity index (χ2v) is 9.58. The van der Waals surface area contributed by atoms with Crippen molar-refractivity contribution in [2.45, 2.75) is 32.4 Å². The number of amidine groups is 1. The molecule has 9 nitrogen and oxygen atoms in total. The van der Waals surface area contributed by atoms with Crippen molar-refractivity contribution in [3.05, 3.63) is 62.2 Å². The first kappa shape index (κ1) is 25.3. The molecule has 11 heteroatoms. The molecule has 2 aromatic rings. The summed E-state index contributed by atoms with van der Waals surface area (Å²) in [5.74, 6) is -0.884. The number of aromatic nitrogens is 1. The van der Waals surface area contributed by atoms with E-state index in [9.17, 15) is 14.7 Å². The summed E-state index contributed by atoms with van der Waals surface area (Å²) in [7, 11) is 0. The summed E-state index contributed by atoms with van der Waals surface area (Å²) >= 11 is 8.06. The number of nitrogens with one attached hydrogen (secondary N) is 1. The van der Waals surface area contributed by atoms with E-state index in [0.29, 0.717) is 59.0 Å². The van der Waals surface area contributed by atoms with E-state index in [4.69, 9.17) is 26.1 Å². The average Bonchev–Trinajstić information content (AvgIpc) is 3.35. The maximum atomic E-state index is 13.3. The SMILES string of the molecule is CCOC(=O)C1=C(CN2CCOCC2CC(=O)O)NC(c2nccs2)=NC1c1ccc(C)cc1Cl. The number of benzene rings is 1. The highest BCUT2D eigenvalue weighted by atomic mass is 35.5. The first-order chi connectivity index (χ1) is 16.9. The Balaban J connectivity index is 1.81. The molecule has 2 N–H and O–H groups in total. The molecule has 2 unspecified atom stereocenters. The lowest BCUT2D eigenvalue weighted by Gasteiger charge is -2.37. The molecule has 0 amide bonds. The zero-order chi connectivity index (χ0) is 24.9. The highest BCUT2D eigenvalue weighted by molar-refractivity contribution is 7.11. The van der Waals surface area contributed by atoms with Crippen LogP contribution in [0.1, 0.15) is 35.5 Å². The van der Waals surface area contributed by atoms with E-state index in [1.807, 2.05) is 35.4 Å². The number of aryl methyl sites for hydroxylation is 1. The maximum Gasteiger partial charge on any atom is 0.338 e. The maximum absolute atomic E-state index is 13.3. The smallest absolute Gasteiger partial charge is 0.338 e. The minimum atomic E-state index is -0.906. The first-order valence-electron chi connectivity index (χ1n) is 11.3. The third kappa shape index (κ3) is 5.90. The fourth-order valence-corrected chi connectivity index (χ4v) is 5.11. The molecule has 0 bridgehead atoms. The van der Waals surface area contributed by atoms with Crippen molar-refractivity contribution < 1.29 is 24.2 Å². The Morgan fingerprint density at radius 1 is 1.40 bits per heavy atom. The summed E-state index contributed by atoms with van der Waals surface area (Å²) in [5.41, 5.74) is 2.60. The van der Waals surface area contributed by atoms with Gasteiger partial charge in [-0.15, -0.1) is 11.3 Å². The van der Waals surface area contributed by atoms with Crippen molar-refractivity contribution >= 4 is 40.7 Å². The van der Waals surface area contributed by atoms with Crippen molar-refractivity contribution in [2.75, 3.05) is 32.9 Å². The summed E-state index contributed by atoms with van der Waals surface area (Å²) in [4.78, 5) is 36.0. The Morgan fingerprint density at radius 3 is 2.91 bits per heavy atom. The number of aliphatic imine (C=N–C) groups is 1. The van der Waals surface area contributed by atoms with Gasteiger partial charge in [-0.05, 0) is 25.5 Å². The van der Waals surface area contributed by atoms with Crippen molar-refractivity contribution in [2.24, 2.45) is 4.99 Å². The fraction of sp³-hybridized carbons (Fsp3) is 0.417. The van der Waals surface area contributed by atoms with Gasteiger partial charge in [0.25, 0.3) is 0 Å². The number of thiazole rings is 1. The summed E-state index contributed by atoms with van der Waals surface area (Å²) in [5, 5.41) is 15.7. The topological polar surface area (TPSA) is 113 Å². The van der Waals surface area contributed by atoms with Crippen LogP contribution in [0.25, 0.3) is 0 Å². The lowest BCUT2D eigenvalue weighted by Crippen LogP contribution is -2.49. The van der Waals surface area contributed by atoms with Crippen LogP contribution >= 0.6 is 22.9 Å². The molecule has 4 rings (SSSR count). The highest BCUT2D eigenvalue weighted by Gasteiger charge is 2.36. The van der Waals surface area contributed by atoms with E-state index in [1.165, 1.54) is 11.3 Å². The van der Waals surface area contributed by atoms with Gasteiger partial charge in [0.2, 0.25) is 0 Å². The molecule has 2 aliphatic rings. The number of carbonyl (C=O) groups excluding carboxylic acids is 1. The van der Waals surface area contributed by atoms with Crippen LogP contribution in [0, 0.1) is 6.92 Å². The molecule has 2 aliphatic heterocycles. The zero-order valence-electron chi connectivity index (χ0n) is 19.5. The monoisotopic (exact) mass is 518 g/mol. The molecule has 1 saturated heterocycles. The molecule has 0 saturated carbocycles. The summed E-state index contributed by atoms with van der Waals surface area (Å²) in [6, 6.07) is 4.59. The van der Waals surface area contributed by atoms with E-state index in [2.05, 4.69) is 10.3 Å². The van der Waals surface area contributed by atoms with Crippen molar-refractivity contribution in [1.29, 1.82) is 0 Å². The van der Waals surface area contributed by atoms with Crippen LogP contribution < -0.4 is 5.32 Å². The molecule has 2 atom stereocenters. The average molecular weight is 519 g/mol. The Hall–Kier alpha value is -2.79. The summed E-state index contributed by atoms with van der Waals surface area (Å²) in [6.07, 6.45) is 1.62. The number of halogens is 1. The summed E-state index contributed by atoms with van der Waals surface area (Å²) in [6.45, 7) is 5.48. The standard InChI is InChI=1S/C24H27ClN4O5S/c1-3-34-24(32)20-18(12-29-7-8-33-13-15(29)11-19(30)31)27-22(23-26-6-9-35-23)28-21(20)16-5-4-14(2)10-17(16)25/h4-6,9-10,15,21H,3,7-8,11-13H2,1-2H3,(H,27,28)(H,30,31). The van der Waals surface area contributed by atoms with E-state index in [1.54, 1.807) is 13.1 Å². The predicted molar refractivity (Wildman–Crippen MR) is 133 cm³/mol. The van der Waals surface area contributed by atoms with Crippen LogP contribution in [-0.2, 0) is 19.1 Å². The first-order valence-corrected chi connectivity index (χ1v) is 12.6. The lowest BCUT2D eigenvalue weighted by molar-refractivity contribution is -0.141. The predicted octanol–water partition coefficient (Wildman–Crippen LogP) is 3.19. The molecule has 0 aliphatic carbocycles. The molecular formula is C24H27ClN4O5S. The van der Waals surface area contributed by atoms with E-state index in [0.717, 1.165) is 5.56 Å². The van der Waals surface area contributed by atoms with Gasteiger partial charge in [-0.3, -0.25) is 14.7 Å². The number of hydrogen-bond acceptors (Lipinski definition) is 9. The number of aliphatic carboxylic acids is 1. The van der Waals surface area contributed by atoms with E-state index < -0.39 is 18.0 Å². The van der Waals surface area contributed by atoms with Gasteiger partial charge in [0.05, 0.1) is 31.8 Å². The van der Waals surface area contributed by atoms with Crippen LogP contribution in [-0.4, -0.2) is 71.7 Å². The van der Waals surface area contributed by atoms with Gasteiger partial charge in [0, 0.05) is 47.0 Å². The van der Waals surface area contributed by atoms with Gasteiger partial charge in [-0.25, -0.2) is 9.78 Å². The Morgan fingerprint density at radius 2 is 2.23 bits per heavy atom. The third-order valence-corrected chi connectivity index (χ3v) is 6.93. The number of carbonyl (C=O) groups is 2. The molecular weight excluding hydrogens is 492 g/mol.